The molecule has 0 saturated carbocycles. The highest BCUT2D eigenvalue weighted by Gasteiger charge is 2.30. The van der Waals surface area contributed by atoms with Gasteiger partial charge in [-0.25, -0.2) is 0 Å². The Bertz CT molecular complexity index is 639. The summed E-state index contributed by atoms with van der Waals surface area (Å²) in [4.78, 5) is 0. The predicted octanol–water partition coefficient (Wildman–Crippen LogP) is 5.10. The summed E-state index contributed by atoms with van der Waals surface area (Å²) < 4.78 is 38.7. The van der Waals surface area contributed by atoms with Crippen LogP contribution in [-0.4, -0.2) is 0 Å². The van der Waals surface area contributed by atoms with Crippen LogP contribution in [0.2, 0.25) is 0 Å². The number of hydrogen-bond donors (Lipinski definition) is 2. The Kier molecular flexibility index (Phi) is 3.94. The van der Waals surface area contributed by atoms with Crippen LogP contribution in [0.4, 0.5) is 30.2 Å². The van der Waals surface area contributed by atoms with Crippen molar-refractivity contribution in [3.8, 4) is 0 Å². The van der Waals surface area contributed by atoms with Crippen LogP contribution in [0.3, 0.4) is 0 Å². The van der Waals surface area contributed by atoms with Crippen molar-refractivity contribution in [2.75, 3.05) is 11.1 Å². The highest BCUT2D eigenvalue weighted by Crippen LogP contribution is 2.35. The average Bonchev–Trinajstić information content (AvgIpc) is 2.36. The first kappa shape index (κ1) is 14.7. The molecule has 2 nitrogen and oxygen atoms in total. The van der Waals surface area contributed by atoms with Gasteiger partial charge in [0, 0.05) is 15.8 Å². The summed E-state index contributed by atoms with van der Waals surface area (Å²) in [7, 11) is 0. The van der Waals surface area contributed by atoms with Gasteiger partial charge < -0.3 is 11.1 Å². The predicted molar refractivity (Wildman–Crippen MR) is 78.0 cm³/mol. The lowest BCUT2D eigenvalue weighted by molar-refractivity contribution is -0.137. The van der Waals surface area contributed by atoms with E-state index < -0.39 is 11.7 Å². The van der Waals surface area contributed by atoms with Crippen molar-refractivity contribution in [2.45, 2.75) is 13.1 Å². The number of rotatable bonds is 2. The molecule has 2 aromatic rings. The summed E-state index contributed by atoms with van der Waals surface area (Å²) in [6.45, 7) is 1.80. The molecule has 0 aromatic heterocycles. The van der Waals surface area contributed by atoms with Gasteiger partial charge >= 0.3 is 6.18 Å². The molecule has 0 spiro atoms. The van der Waals surface area contributed by atoms with Gasteiger partial charge in [-0.05, 0) is 58.7 Å². The third-order valence-electron chi connectivity index (χ3n) is 2.94. The fourth-order valence-electron chi connectivity index (χ4n) is 1.73. The quantitative estimate of drug-likeness (QED) is 0.743. The van der Waals surface area contributed by atoms with E-state index in [4.69, 9.17) is 5.73 Å². The molecule has 0 heterocycles. The first-order chi connectivity index (χ1) is 9.29. The van der Waals surface area contributed by atoms with Crippen LogP contribution < -0.4 is 11.1 Å². The molecule has 0 aliphatic carbocycles. The van der Waals surface area contributed by atoms with E-state index in [9.17, 15) is 13.2 Å². The molecule has 106 valence electrons. The van der Waals surface area contributed by atoms with E-state index in [1.165, 1.54) is 6.07 Å². The standard InChI is InChI=1S/C14H12BrF3N2/c1-8-11(19)3-2-4-12(8)20-13-7-9(14(16,17)18)5-6-10(13)15/h2-7,20H,19H2,1H3. The van der Waals surface area contributed by atoms with Crippen LogP contribution in [0.5, 0.6) is 0 Å². The Morgan fingerprint density at radius 2 is 1.80 bits per heavy atom. The van der Waals surface area contributed by atoms with Crippen molar-refractivity contribution in [2.24, 2.45) is 0 Å². The van der Waals surface area contributed by atoms with Crippen LogP contribution in [-0.2, 0) is 6.18 Å². The largest absolute Gasteiger partial charge is 0.416 e. The highest BCUT2D eigenvalue weighted by atomic mass is 79.9. The molecule has 0 unspecified atom stereocenters. The minimum Gasteiger partial charge on any atom is -0.398 e. The maximum Gasteiger partial charge on any atom is 0.416 e. The minimum atomic E-state index is -4.37. The first-order valence-corrected chi connectivity index (χ1v) is 6.57. The van der Waals surface area contributed by atoms with Crippen molar-refractivity contribution < 1.29 is 13.2 Å². The molecule has 20 heavy (non-hydrogen) atoms. The lowest BCUT2D eigenvalue weighted by Crippen LogP contribution is -2.06. The van der Waals surface area contributed by atoms with E-state index in [2.05, 4.69) is 21.2 Å². The molecule has 0 aliphatic heterocycles. The fourth-order valence-corrected chi connectivity index (χ4v) is 2.08. The van der Waals surface area contributed by atoms with Crippen molar-refractivity contribution in [3.05, 3.63) is 52.0 Å². The topological polar surface area (TPSA) is 38.0 Å². The maximum atomic E-state index is 12.7. The van der Waals surface area contributed by atoms with Crippen LogP contribution in [0.1, 0.15) is 11.1 Å². The zero-order chi connectivity index (χ0) is 14.9. The van der Waals surface area contributed by atoms with E-state index in [1.54, 1.807) is 25.1 Å². The van der Waals surface area contributed by atoms with Gasteiger partial charge in [-0.3, -0.25) is 0 Å². The number of nitrogens with one attached hydrogen (secondary N) is 1. The molecular weight excluding hydrogens is 333 g/mol. The summed E-state index contributed by atoms with van der Waals surface area (Å²) in [6, 6.07) is 8.70. The van der Waals surface area contributed by atoms with Gasteiger partial charge in [0.2, 0.25) is 0 Å². The number of nitrogen functional groups attached to an aromatic ring is 1. The summed E-state index contributed by atoms with van der Waals surface area (Å²) in [5.74, 6) is 0. The zero-order valence-electron chi connectivity index (χ0n) is 10.6. The smallest absolute Gasteiger partial charge is 0.398 e. The van der Waals surface area contributed by atoms with E-state index in [0.29, 0.717) is 21.5 Å². The van der Waals surface area contributed by atoms with E-state index >= 15 is 0 Å². The molecule has 2 aromatic carbocycles. The van der Waals surface area contributed by atoms with Gasteiger partial charge in [-0.1, -0.05) is 6.07 Å². The van der Waals surface area contributed by atoms with Crippen LogP contribution in [0.25, 0.3) is 0 Å². The third kappa shape index (κ3) is 3.07. The lowest BCUT2D eigenvalue weighted by atomic mass is 10.1. The molecule has 2 rings (SSSR count). The SMILES string of the molecule is Cc1c(N)cccc1Nc1cc(C(F)(F)F)ccc1Br. The van der Waals surface area contributed by atoms with Crippen LogP contribution >= 0.6 is 15.9 Å². The molecular formula is C14H12BrF3N2. The summed E-state index contributed by atoms with van der Waals surface area (Å²) in [5.41, 5.74) is 7.46. The fraction of sp³-hybridized carbons (Fsp3) is 0.143. The van der Waals surface area contributed by atoms with Crippen LogP contribution in [0, 0.1) is 6.92 Å². The third-order valence-corrected chi connectivity index (χ3v) is 3.63. The van der Waals surface area contributed by atoms with Crippen LogP contribution in [0.15, 0.2) is 40.9 Å². The van der Waals surface area contributed by atoms with Gasteiger partial charge in [0.15, 0.2) is 0 Å². The molecule has 0 atom stereocenters. The first-order valence-electron chi connectivity index (χ1n) is 5.78. The van der Waals surface area contributed by atoms with Gasteiger partial charge in [0.05, 0.1) is 11.3 Å². The maximum absolute atomic E-state index is 12.7. The van der Waals surface area contributed by atoms with Crippen molar-refractivity contribution in [1.82, 2.24) is 0 Å². The second kappa shape index (κ2) is 5.36. The molecule has 0 saturated heterocycles. The number of halogens is 4. The normalized spacial score (nSPS) is 11.4. The Hall–Kier alpha value is -1.69. The summed E-state index contributed by atoms with van der Waals surface area (Å²) >= 11 is 3.24. The summed E-state index contributed by atoms with van der Waals surface area (Å²) in [6.07, 6.45) is -4.37. The van der Waals surface area contributed by atoms with Crippen molar-refractivity contribution >= 4 is 33.0 Å². The zero-order valence-corrected chi connectivity index (χ0v) is 12.1. The molecule has 0 bridgehead atoms. The monoisotopic (exact) mass is 344 g/mol. The van der Waals surface area contributed by atoms with E-state index in [-0.39, 0.29) is 0 Å². The van der Waals surface area contributed by atoms with Crippen molar-refractivity contribution in [1.29, 1.82) is 0 Å². The van der Waals surface area contributed by atoms with Gasteiger partial charge in [-0.2, -0.15) is 13.2 Å². The molecule has 3 N–H and O–H groups in total. The molecule has 6 heteroatoms. The van der Waals surface area contributed by atoms with E-state index in [0.717, 1.165) is 17.7 Å². The molecule has 0 radical (unpaired) electrons. The number of hydrogen-bond acceptors (Lipinski definition) is 2. The Labute approximate surface area is 122 Å². The van der Waals surface area contributed by atoms with Gasteiger partial charge in [0.25, 0.3) is 0 Å². The molecule has 0 aliphatic rings. The highest BCUT2D eigenvalue weighted by molar-refractivity contribution is 9.10. The number of anilines is 3. The Morgan fingerprint density at radius 3 is 2.45 bits per heavy atom. The Balaban J connectivity index is 2.41. The Morgan fingerprint density at radius 1 is 1.10 bits per heavy atom. The molecule has 0 amide bonds. The van der Waals surface area contributed by atoms with Gasteiger partial charge in [-0.15, -0.1) is 0 Å². The summed E-state index contributed by atoms with van der Waals surface area (Å²) in [5, 5.41) is 2.97. The van der Waals surface area contributed by atoms with Gasteiger partial charge in [0.1, 0.15) is 0 Å². The van der Waals surface area contributed by atoms with E-state index in [1.807, 2.05) is 0 Å². The number of benzene rings is 2. The minimum absolute atomic E-state index is 0.341. The second-order valence-electron chi connectivity index (χ2n) is 4.34. The van der Waals surface area contributed by atoms with Crippen molar-refractivity contribution in [3.63, 3.8) is 0 Å². The second-order valence-corrected chi connectivity index (χ2v) is 5.19. The average molecular weight is 345 g/mol. The number of alkyl halides is 3. The molecule has 0 fully saturated rings. The lowest BCUT2D eigenvalue weighted by Gasteiger charge is -2.15. The number of nitrogens with two attached hydrogens (primary N) is 1.